The number of rotatable bonds is 2. The van der Waals surface area contributed by atoms with Crippen LogP contribution in [0.5, 0.6) is 5.75 Å². The molecule has 0 aliphatic carbocycles. The van der Waals surface area contributed by atoms with Gasteiger partial charge in [0.15, 0.2) is 6.67 Å². The van der Waals surface area contributed by atoms with Gasteiger partial charge in [-0.1, -0.05) is 17.7 Å². The van der Waals surface area contributed by atoms with Crippen LogP contribution in [0.15, 0.2) is 12.1 Å². The molecule has 0 spiro atoms. The van der Waals surface area contributed by atoms with Crippen molar-refractivity contribution in [1.29, 1.82) is 0 Å². The zero-order valence-corrected chi connectivity index (χ0v) is 8.23. The highest BCUT2D eigenvalue weighted by atomic mass is 35.5. The second-order valence-electron chi connectivity index (χ2n) is 2.77. The van der Waals surface area contributed by atoms with Gasteiger partial charge in [-0.2, -0.15) is 0 Å². The van der Waals surface area contributed by atoms with Gasteiger partial charge in [0.25, 0.3) is 5.91 Å². The van der Waals surface area contributed by atoms with E-state index in [1.165, 1.54) is 6.07 Å². The molecule has 2 N–H and O–H groups in total. The minimum absolute atomic E-state index is 0.0202. The van der Waals surface area contributed by atoms with E-state index in [9.17, 15) is 14.3 Å². The summed E-state index contributed by atoms with van der Waals surface area (Å²) in [7, 11) is 0. The Kier molecular flexibility index (Phi) is 3.30. The van der Waals surface area contributed by atoms with Crippen LogP contribution in [0.1, 0.15) is 5.56 Å². The summed E-state index contributed by atoms with van der Waals surface area (Å²) in [4.78, 5) is 10.7. The van der Waals surface area contributed by atoms with Crippen molar-refractivity contribution in [2.24, 2.45) is 0 Å². The van der Waals surface area contributed by atoms with Crippen molar-refractivity contribution in [3.05, 3.63) is 22.7 Å². The summed E-state index contributed by atoms with van der Waals surface area (Å²) < 4.78 is 11.9. The molecule has 14 heavy (non-hydrogen) atoms. The molecule has 0 saturated heterocycles. The Balaban J connectivity index is 3.00. The molecule has 0 bridgehead atoms. The van der Waals surface area contributed by atoms with Gasteiger partial charge < -0.3 is 10.4 Å². The van der Waals surface area contributed by atoms with Gasteiger partial charge in [0.2, 0.25) is 0 Å². The van der Waals surface area contributed by atoms with Crippen molar-refractivity contribution in [2.45, 2.75) is 6.92 Å². The maximum absolute atomic E-state index is 11.9. The van der Waals surface area contributed by atoms with Gasteiger partial charge in [-0.15, -0.1) is 0 Å². The van der Waals surface area contributed by atoms with Crippen molar-refractivity contribution in [3.63, 3.8) is 0 Å². The summed E-state index contributed by atoms with van der Waals surface area (Å²) in [5.41, 5.74) is 0.797. The van der Waals surface area contributed by atoms with Crippen molar-refractivity contribution in [1.82, 2.24) is 0 Å². The van der Waals surface area contributed by atoms with E-state index in [1.807, 2.05) is 0 Å². The van der Waals surface area contributed by atoms with Crippen LogP contribution >= 0.6 is 11.6 Å². The lowest BCUT2D eigenvalue weighted by Crippen LogP contribution is -2.13. The molecule has 0 aliphatic rings. The van der Waals surface area contributed by atoms with Crippen LogP contribution in [0.2, 0.25) is 5.02 Å². The molecular formula is C9H9ClFNO2. The minimum atomic E-state index is -1.12. The number of hydrogen-bond donors (Lipinski definition) is 2. The van der Waals surface area contributed by atoms with Gasteiger partial charge in [0.1, 0.15) is 10.8 Å². The lowest BCUT2D eigenvalue weighted by molar-refractivity contribution is -0.117. The van der Waals surface area contributed by atoms with Crippen molar-refractivity contribution < 1.29 is 14.3 Å². The topological polar surface area (TPSA) is 49.3 Å². The minimum Gasteiger partial charge on any atom is -0.506 e. The molecule has 1 rings (SSSR count). The second-order valence-corrected chi connectivity index (χ2v) is 3.15. The molecule has 1 aromatic rings. The molecule has 1 amide bonds. The monoisotopic (exact) mass is 217 g/mol. The highest BCUT2D eigenvalue weighted by Gasteiger charge is 2.10. The van der Waals surface area contributed by atoms with Crippen LogP contribution < -0.4 is 5.32 Å². The van der Waals surface area contributed by atoms with Crippen LogP contribution in [0, 0.1) is 6.92 Å². The number of aromatic hydroxyl groups is 1. The highest BCUT2D eigenvalue weighted by Crippen LogP contribution is 2.33. The van der Waals surface area contributed by atoms with Crippen LogP contribution in [-0.4, -0.2) is 17.7 Å². The van der Waals surface area contributed by atoms with E-state index in [0.29, 0.717) is 5.56 Å². The summed E-state index contributed by atoms with van der Waals surface area (Å²) in [6.07, 6.45) is 0. The van der Waals surface area contributed by atoms with E-state index < -0.39 is 12.6 Å². The number of anilines is 1. The Hall–Kier alpha value is -1.29. The molecule has 0 fully saturated rings. The van der Waals surface area contributed by atoms with Crippen molar-refractivity contribution >= 4 is 23.2 Å². The number of hydrogen-bond acceptors (Lipinski definition) is 2. The molecule has 0 saturated carbocycles. The first-order valence-corrected chi connectivity index (χ1v) is 4.28. The van der Waals surface area contributed by atoms with Gasteiger partial charge in [0.05, 0.1) is 5.69 Å². The number of phenols is 1. The molecule has 0 unspecified atom stereocenters. The van der Waals surface area contributed by atoms with Gasteiger partial charge in [-0.05, 0) is 18.6 Å². The SMILES string of the molecule is Cc1ccc(NC(=O)CF)c(Cl)c1O. The number of aryl methyl sites for hydroxylation is 1. The number of carbonyl (C=O) groups excluding carboxylic acids is 1. The predicted molar refractivity (Wildman–Crippen MR) is 52.5 cm³/mol. The number of carbonyl (C=O) groups is 1. The third-order valence-corrected chi connectivity index (χ3v) is 2.10. The highest BCUT2D eigenvalue weighted by molar-refractivity contribution is 6.35. The largest absolute Gasteiger partial charge is 0.506 e. The number of alkyl halides is 1. The molecule has 0 atom stereocenters. The maximum atomic E-state index is 11.9. The molecule has 0 heterocycles. The standard InChI is InChI=1S/C9H9ClFNO2/c1-5-2-3-6(8(10)9(5)14)12-7(13)4-11/h2-3,14H,4H2,1H3,(H,12,13). The van der Waals surface area contributed by atoms with Gasteiger partial charge in [0, 0.05) is 0 Å². The molecule has 0 radical (unpaired) electrons. The first-order valence-electron chi connectivity index (χ1n) is 3.90. The summed E-state index contributed by atoms with van der Waals surface area (Å²) in [6, 6.07) is 3.08. The third kappa shape index (κ3) is 2.14. The van der Waals surface area contributed by atoms with Crippen LogP contribution in [0.3, 0.4) is 0 Å². The lowest BCUT2D eigenvalue weighted by atomic mass is 10.2. The molecule has 0 aliphatic heterocycles. The number of halogens is 2. The first kappa shape index (κ1) is 10.8. The van der Waals surface area contributed by atoms with Crippen molar-refractivity contribution in [2.75, 3.05) is 12.0 Å². The fraction of sp³-hybridized carbons (Fsp3) is 0.222. The molecule has 1 aromatic carbocycles. The van der Waals surface area contributed by atoms with Crippen molar-refractivity contribution in [3.8, 4) is 5.75 Å². The summed E-state index contributed by atoms with van der Waals surface area (Å²) in [5, 5.41) is 11.6. The van der Waals surface area contributed by atoms with E-state index in [0.717, 1.165) is 0 Å². The maximum Gasteiger partial charge on any atom is 0.255 e. The van der Waals surface area contributed by atoms with E-state index in [4.69, 9.17) is 11.6 Å². The predicted octanol–water partition coefficient (Wildman–Crippen LogP) is 2.26. The quantitative estimate of drug-likeness (QED) is 0.799. The number of amides is 1. The number of nitrogens with one attached hydrogen (secondary N) is 1. The summed E-state index contributed by atoms with van der Waals surface area (Å²) >= 11 is 5.71. The van der Waals surface area contributed by atoms with E-state index in [1.54, 1.807) is 13.0 Å². The zero-order chi connectivity index (χ0) is 10.7. The number of benzene rings is 1. The fourth-order valence-corrected chi connectivity index (χ4v) is 1.20. The lowest BCUT2D eigenvalue weighted by Gasteiger charge is -2.08. The van der Waals surface area contributed by atoms with Gasteiger partial charge >= 0.3 is 0 Å². The third-order valence-electron chi connectivity index (χ3n) is 1.71. The summed E-state index contributed by atoms with van der Waals surface area (Å²) in [5.74, 6) is -0.904. The van der Waals surface area contributed by atoms with Crippen LogP contribution in [0.25, 0.3) is 0 Å². The van der Waals surface area contributed by atoms with E-state index in [2.05, 4.69) is 5.32 Å². The Bertz CT molecular complexity index is 368. The van der Waals surface area contributed by atoms with Crippen LogP contribution in [-0.2, 0) is 4.79 Å². The molecular weight excluding hydrogens is 209 g/mol. The Morgan fingerprint density at radius 2 is 2.29 bits per heavy atom. The molecule has 0 aromatic heterocycles. The Morgan fingerprint density at radius 1 is 1.64 bits per heavy atom. The first-order chi connectivity index (χ1) is 6.56. The molecule has 5 heteroatoms. The van der Waals surface area contributed by atoms with Crippen LogP contribution in [0.4, 0.5) is 10.1 Å². The Morgan fingerprint density at radius 3 is 2.86 bits per heavy atom. The van der Waals surface area contributed by atoms with Gasteiger partial charge in [-0.3, -0.25) is 4.79 Å². The van der Waals surface area contributed by atoms with E-state index >= 15 is 0 Å². The normalized spacial score (nSPS) is 9.93. The Labute approximate surface area is 85.5 Å². The fourth-order valence-electron chi connectivity index (χ4n) is 0.941. The zero-order valence-electron chi connectivity index (χ0n) is 7.47. The average Bonchev–Trinajstić information content (AvgIpc) is 2.19. The second kappa shape index (κ2) is 4.28. The smallest absolute Gasteiger partial charge is 0.255 e. The molecule has 3 nitrogen and oxygen atoms in total. The molecule has 76 valence electrons. The van der Waals surface area contributed by atoms with Gasteiger partial charge in [-0.25, -0.2) is 4.39 Å². The van der Waals surface area contributed by atoms with E-state index in [-0.39, 0.29) is 16.5 Å². The summed E-state index contributed by atoms with van der Waals surface area (Å²) in [6.45, 7) is 0.549. The average molecular weight is 218 g/mol. The number of phenolic OH excluding ortho intramolecular Hbond substituents is 1.